The zero-order valence-electron chi connectivity index (χ0n) is 18.3. The van der Waals surface area contributed by atoms with Crippen LogP contribution >= 0.6 is 23.1 Å². The van der Waals surface area contributed by atoms with Crippen LogP contribution in [0, 0.1) is 6.92 Å². The van der Waals surface area contributed by atoms with E-state index in [1.54, 1.807) is 11.3 Å². The van der Waals surface area contributed by atoms with Crippen LogP contribution in [0.1, 0.15) is 5.56 Å². The third-order valence-electron chi connectivity index (χ3n) is 5.44. The van der Waals surface area contributed by atoms with Gasteiger partial charge in [0.15, 0.2) is 4.34 Å². The number of thiazole rings is 1. The van der Waals surface area contributed by atoms with Crippen LogP contribution in [0.2, 0.25) is 0 Å². The summed E-state index contributed by atoms with van der Waals surface area (Å²) in [7, 11) is 0. The molecule has 1 aliphatic rings. The minimum absolute atomic E-state index is 0.0140. The Balaban J connectivity index is 1.33. The first-order chi connectivity index (χ1) is 15.6. The van der Waals surface area contributed by atoms with Crippen LogP contribution in [-0.4, -0.2) is 54.3 Å². The molecule has 2 heterocycles. The van der Waals surface area contributed by atoms with Gasteiger partial charge in [0.25, 0.3) is 0 Å². The highest BCUT2D eigenvalue weighted by Gasteiger charge is 2.19. The molecule has 0 saturated carbocycles. The normalized spacial score (nSPS) is 14.3. The Morgan fingerprint density at radius 3 is 2.66 bits per heavy atom. The number of hydrogen-bond donors (Lipinski definition) is 1. The van der Waals surface area contributed by atoms with E-state index in [1.165, 1.54) is 17.3 Å². The third-order valence-corrected chi connectivity index (χ3v) is 7.46. The van der Waals surface area contributed by atoms with Crippen LogP contribution in [0.3, 0.4) is 0 Å². The minimum atomic E-state index is -0.0140. The van der Waals surface area contributed by atoms with Gasteiger partial charge >= 0.3 is 0 Å². The molecule has 0 spiro atoms. The number of para-hydroxylation sites is 2. The van der Waals surface area contributed by atoms with Gasteiger partial charge in [0.1, 0.15) is 0 Å². The number of rotatable bonds is 8. The van der Waals surface area contributed by atoms with Crippen LogP contribution in [0.5, 0.6) is 0 Å². The molecule has 1 fully saturated rings. The molecule has 1 aromatic heterocycles. The standard InChI is InChI=1S/C25H28N4OS2/c1-3-12-28-13-15-29(16-14-28)23-7-5-4-6-21(23)26-24(30)18-32-25-27-22(17-31-25)20-10-8-19(2)9-11-20/h3-11,17H,1,12-16,18H2,2H3,(H,26,30). The van der Waals surface area contributed by atoms with Gasteiger partial charge in [-0.1, -0.05) is 59.8 Å². The Bertz CT molecular complexity index is 1060. The maximum Gasteiger partial charge on any atom is 0.234 e. The molecule has 0 atom stereocenters. The molecule has 4 rings (SSSR count). The van der Waals surface area contributed by atoms with Gasteiger partial charge in [-0.3, -0.25) is 9.69 Å². The van der Waals surface area contributed by atoms with E-state index in [-0.39, 0.29) is 5.91 Å². The number of carbonyl (C=O) groups excluding carboxylic acids is 1. The summed E-state index contributed by atoms with van der Waals surface area (Å²) < 4.78 is 0.905. The summed E-state index contributed by atoms with van der Waals surface area (Å²) in [6.45, 7) is 10.7. The number of hydrogen-bond acceptors (Lipinski definition) is 6. The number of aryl methyl sites for hydroxylation is 1. The highest BCUT2D eigenvalue weighted by Crippen LogP contribution is 2.30. The Morgan fingerprint density at radius 2 is 1.91 bits per heavy atom. The maximum atomic E-state index is 12.7. The first-order valence-electron chi connectivity index (χ1n) is 10.7. The Morgan fingerprint density at radius 1 is 1.16 bits per heavy atom. The molecule has 3 aromatic rings. The predicted octanol–water partition coefficient (Wildman–Crippen LogP) is 5.16. The third kappa shape index (κ3) is 5.79. The van der Waals surface area contributed by atoms with E-state index >= 15 is 0 Å². The average Bonchev–Trinajstić information content (AvgIpc) is 3.29. The van der Waals surface area contributed by atoms with Crippen LogP contribution in [0.15, 0.2) is 70.9 Å². The number of anilines is 2. The quantitative estimate of drug-likeness (QED) is 0.369. The fourth-order valence-electron chi connectivity index (χ4n) is 3.70. The number of piperazine rings is 1. The largest absolute Gasteiger partial charge is 0.367 e. The monoisotopic (exact) mass is 464 g/mol. The van der Waals surface area contributed by atoms with Gasteiger partial charge in [-0.05, 0) is 19.1 Å². The molecular formula is C25H28N4OS2. The van der Waals surface area contributed by atoms with E-state index in [4.69, 9.17) is 0 Å². The lowest BCUT2D eigenvalue weighted by atomic mass is 10.1. The average molecular weight is 465 g/mol. The summed E-state index contributed by atoms with van der Waals surface area (Å²) in [5.41, 5.74) is 5.24. The van der Waals surface area contributed by atoms with Crippen LogP contribution in [-0.2, 0) is 4.79 Å². The van der Waals surface area contributed by atoms with Gasteiger partial charge in [-0.25, -0.2) is 4.98 Å². The summed E-state index contributed by atoms with van der Waals surface area (Å²) in [6.07, 6.45) is 1.95. The predicted molar refractivity (Wildman–Crippen MR) is 137 cm³/mol. The molecule has 0 unspecified atom stereocenters. The van der Waals surface area contributed by atoms with Gasteiger partial charge in [0.05, 0.1) is 22.8 Å². The number of carbonyl (C=O) groups is 1. The van der Waals surface area contributed by atoms with Crippen molar-refractivity contribution in [2.75, 3.05) is 48.7 Å². The van der Waals surface area contributed by atoms with Crippen molar-refractivity contribution in [1.29, 1.82) is 0 Å². The van der Waals surface area contributed by atoms with Crippen molar-refractivity contribution in [3.8, 4) is 11.3 Å². The summed E-state index contributed by atoms with van der Waals surface area (Å²) in [5.74, 6) is 0.322. The van der Waals surface area contributed by atoms with Crippen LogP contribution in [0.4, 0.5) is 11.4 Å². The summed E-state index contributed by atoms with van der Waals surface area (Å²) in [4.78, 5) is 22.1. The molecule has 166 valence electrons. The number of nitrogens with one attached hydrogen (secondary N) is 1. The lowest BCUT2D eigenvalue weighted by Crippen LogP contribution is -2.46. The lowest BCUT2D eigenvalue weighted by molar-refractivity contribution is -0.113. The summed E-state index contributed by atoms with van der Waals surface area (Å²) in [6, 6.07) is 16.4. The second-order valence-electron chi connectivity index (χ2n) is 7.80. The fourth-order valence-corrected chi connectivity index (χ4v) is 5.34. The van der Waals surface area contributed by atoms with Crippen molar-refractivity contribution in [1.82, 2.24) is 9.88 Å². The number of aromatic nitrogens is 1. The van der Waals surface area contributed by atoms with Crippen molar-refractivity contribution in [2.24, 2.45) is 0 Å². The topological polar surface area (TPSA) is 48.5 Å². The maximum absolute atomic E-state index is 12.7. The van der Waals surface area contributed by atoms with Gasteiger partial charge < -0.3 is 10.2 Å². The molecule has 0 aliphatic carbocycles. The van der Waals surface area contributed by atoms with Gasteiger partial charge in [-0.15, -0.1) is 17.9 Å². The second-order valence-corrected chi connectivity index (χ2v) is 9.88. The Labute approximate surface area is 198 Å². The molecule has 0 bridgehead atoms. The van der Waals surface area contributed by atoms with Crippen molar-refractivity contribution >= 4 is 40.4 Å². The first kappa shape index (κ1) is 22.6. The SMILES string of the molecule is C=CCN1CCN(c2ccccc2NC(=O)CSc2nc(-c3ccc(C)cc3)cs2)CC1. The molecule has 2 aromatic carbocycles. The zero-order chi connectivity index (χ0) is 22.3. The Hall–Kier alpha value is -2.61. The summed E-state index contributed by atoms with van der Waals surface area (Å²) >= 11 is 3.06. The number of thioether (sulfide) groups is 1. The van der Waals surface area contributed by atoms with Crippen molar-refractivity contribution in [3.63, 3.8) is 0 Å². The van der Waals surface area contributed by atoms with Crippen molar-refractivity contribution < 1.29 is 4.79 Å². The van der Waals surface area contributed by atoms with Crippen LogP contribution < -0.4 is 10.2 Å². The Kier molecular flexibility index (Phi) is 7.63. The second kappa shape index (κ2) is 10.8. The van der Waals surface area contributed by atoms with E-state index in [1.807, 2.05) is 29.7 Å². The molecule has 5 nitrogen and oxygen atoms in total. The number of nitrogens with zero attached hydrogens (tertiary/aromatic N) is 3. The van der Waals surface area contributed by atoms with Crippen molar-refractivity contribution in [2.45, 2.75) is 11.3 Å². The van der Waals surface area contributed by atoms with E-state index in [0.29, 0.717) is 5.75 Å². The van der Waals surface area contributed by atoms with Gasteiger partial charge in [0, 0.05) is 43.7 Å². The molecule has 1 aliphatic heterocycles. The molecule has 1 amide bonds. The van der Waals surface area contributed by atoms with E-state index in [0.717, 1.165) is 59.7 Å². The van der Waals surface area contributed by atoms with Crippen molar-refractivity contribution in [3.05, 3.63) is 72.1 Å². The molecule has 1 saturated heterocycles. The number of amides is 1. The highest BCUT2D eigenvalue weighted by atomic mass is 32.2. The minimum Gasteiger partial charge on any atom is -0.367 e. The molecular weight excluding hydrogens is 436 g/mol. The summed E-state index contributed by atoms with van der Waals surface area (Å²) in [5, 5.41) is 5.15. The lowest BCUT2D eigenvalue weighted by Gasteiger charge is -2.36. The van der Waals surface area contributed by atoms with E-state index in [2.05, 4.69) is 63.9 Å². The zero-order valence-corrected chi connectivity index (χ0v) is 19.9. The number of benzene rings is 2. The molecule has 7 heteroatoms. The highest BCUT2D eigenvalue weighted by molar-refractivity contribution is 8.01. The van der Waals surface area contributed by atoms with Crippen LogP contribution in [0.25, 0.3) is 11.3 Å². The van der Waals surface area contributed by atoms with E-state index < -0.39 is 0 Å². The molecule has 32 heavy (non-hydrogen) atoms. The first-order valence-corrected chi connectivity index (χ1v) is 12.6. The molecule has 1 N–H and O–H groups in total. The molecule has 0 radical (unpaired) electrons. The van der Waals surface area contributed by atoms with Gasteiger partial charge in [0.2, 0.25) is 5.91 Å². The smallest absolute Gasteiger partial charge is 0.234 e. The fraction of sp³-hybridized carbons (Fsp3) is 0.280. The van der Waals surface area contributed by atoms with E-state index in [9.17, 15) is 4.79 Å². The van der Waals surface area contributed by atoms with Gasteiger partial charge in [-0.2, -0.15) is 0 Å².